The molecule has 1 N–H and O–H groups in total. The molecule has 0 rings (SSSR count). The molecule has 147 valence electrons. The van der Waals surface area contributed by atoms with Crippen LogP contribution in [-0.2, 0) is 0 Å². The average molecular weight is 343 g/mol. The molecule has 0 saturated carbocycles. The Labute approximate surface area is 154 Å². The van der Waals surface area contributed by atoms with Crippen molar-refractivity contribution in [3.8, 4) is 0 Å². The first kappa shape index (κ1) is 26.2. The van der Waals surface area contributed by atoms with Crippen molar-refractivity contribution in [3.05, 3.63) is 6.92 Å². The molecule has 0 aromatic carbocycles. The fourth-order valence-corrected chi connectivity index (χ4v) is 2.98. The van der Waals surface area contributed by atoms with Crippen LogP contribution >= 0.6 is 0 Å². The quantitative estimate of drug-likeness (QED) is 0.300. The highest BCUT2D eigenvalue weighted by Gasteiger charge is 1.95. The van der Waals surface area contributed by atoms with Gasteiger partial charge >= 0.3 is 0 Å². The number of aliphatic hydroxyl groups is 1. The third-order valence-electron chi connectivity index (χ3n) is 4.46. The third kappa shape index (κ3) is 29.9. The molecular formula is C22H48NO. The van der Waals surface area contributed by atoms with Crippen LogP contribution in [-0.4, -0.2) is 37.3 Å². The summed E-state index contributed by atoms with van der Waals surface area (Å²) in [5.74, 6) is 0. The zero-order valence-electron chi connectivity index (χ0n) is 17.3. The van der Waals surface area contributed by atoms with E-state index in [1.807, 2.05) is 0 Å². The molecule has 0 aromatic rings. The van der Waals surface area contributed by atoms with Crippen molar-refractivity contribution in [1.82, 2.24) is 4.90 Å². The van der Waals surface area contributed by atoms with E-state index in [-0.39, 0.29) is 6.61 Å². The summed E-state index contributed by atoms with van der Waals surface area (Å²) in [6.45, 7) is 6.60. The average Bonchev–Trinajstić information content (AvgIpc) is 2.55. The fourth-order valence-electron chi connectivity index (χ4n) is 2.98. The maximum Gasteiger partial charge on any atom is 0.0431 e. The van der Waals surface area contributed by atoms with Crippen LogP contribution in [0.15, 0.2) is 0 Å². The summed E-state index contributed by atoms with van der Waals surface area (Å²) in [5.41, 5.74) is 0. The first-order valence-corrected chi connectivity index (χ1v) is 10.7. The molecule has 0 unspecified atom stereocenters. The van der Waals surface area contributed by atoms with E-state index >= 15 is 0 Å². The van der Waals surface area contributed by atoms with Crippen molar-refractivity contribution in [2.45, 2.75) is 110 Å². The van der Waals surface area contributed by atoms with Gasteiger partial charge in [-0.2, -0.15) is 0 Å². The molecule has 0 aliphatic heterocycles. The smallest absolute Gasteiger partial charge is 0.0431 e. The Hall–Kier alpha value is -0.0800. The molecule has 24 heavy (non-hydrogen) atoms. The van der Waals surface area contributed by atoms with Gasteiger partial charge in [0.15, 0.2) is 0 Å². The molecule has 0 bridgehead atoms. The maximum absolute atomic E-state index is 7.46. The standard InChI is InChI=1S/C20H43N.C2H5O/c1-4-5-6-7-8-9-10-11-12-13-14-15-16-17-18-19-20-21(2)3;1-2-3/h4-20H2,1-3H3;3H,1-2H2. The van der Waals surface area contributed by atoms with E-state index in [0.29, 0.717) is 0 Å². The van der Waals surface area contributed by atoms with E-state index in [0.717, 1.165) is 0 Å². The minimum atomic E-state index is 0. The van der Waals surface area contributed by atoms with E-state index in [1.165, 1.54) is 109 Å². The van der Waals surface area contributed by atoms with Gasteiger partial charge in [0.25, 0.3) is 0 Å². The number of hydrogen-bond donors (Lipinski definition) is 1. The molecule has 0 aromatic heterocycles. The van der Waals surface area contributed by atoms with E-state index in [4.69, 9.17) is 5.11 Å². The summed E-state index contributed by atoms with van der Waals surface area (Å²) < 4.78 is 0. The van der Waals surface area contributed by atoms with Gasteiger partial charge in [-0.15, -0.1) is 0 Å². The highest BCUT2D eigenvalue weighted by atomic mass is 16.2. The molecule has 2 nitrogen and oxygen atoms in total. The van der Waals surface area contributed by atoms with Crippen LogP contribution in [0.25, 0.3) is 0 Å². The lowest BCUT2D eigenvalue weighted by Gasteiger charge is -2.08. The van der Waals surface area contributed by atoms with Crippen LogP contribution < -0.4 is 0 Å². The minimum Gasteiger partial charge on any atom is -0.396 e. The Bertz CT molecular complexity index is 194. The molecular weight excluding hydrogens is 294 g/mol. The number of aliphatic hydroxyl groups excluding tert-OH is 1. The molecule has 2 heteroatoms. The lowest BCUT2D eigenvalue weighted by atomic mass is 10.0. The van der Waals surface area contributed by atoms with Crippen LogP contribution in [0.1, 0.15) is 110 Å². The number of nitrogens with zero attached hydrogens (tertiary/aromatic N) is 1. The van der Waals surface area contributed by atoms with Crippen LogP contribution in [0, 0.1) is 6.92 Å². The SMILES string of the molecule is CCCCCCCCCCCCCCCCCCN(C)C.[CH2]CO. The second-order valence-electron chi connectivity index (χ2n) is 7.33. The molecule has 0 saturated heterocycles. The van der Waals surface area contributed by atoms with Gasteiger partial charge < -0.3 is 10.0 Å². The van der Waals surface area contributed by atoms with E-state index in [9.17, 15) is 0 Å². The Balaban J connectivity index is 0. The van der Waals surface area contributed by atoms with Crippen molar-refractivity contribution < 1.29 is 5.11 Å². The minimum absolute atomic E-state index is 0. The van der Waals surface area contributed by atoms with Crippen molar-refractivity contribution in [3.63, 3.8) is 0 Å². The van der Waals surface area contributed by atoms with Crippen molar-refractivity contribution in [1.29, 1.82) is 0 Å². The van der Waals surface area contributed by atoms with Gasteiger partial charge in [0.2, 0.25) is 0 Å². The summed E-state index contributed by atoms with van der Waals surface area (Å²) in [6, 6.07) is 0. The van der Waals surface area contributed by atoms with Gasteiger partial charge in [0.05, 0.1) is 0 Å². The summed E-state index contributed by atoms with van der Waals surface area (Å²) >= 11 is 0. The van der Waals surface area contributed by atoms with Crippen LogP contribution in [0.2, 0.25) is 0 Å². The lowest BCUT2D eigenvalue weighted by Crippen LogP contribution is -2.12. The predicted octanol–water partition coefficient (Wildman–Crippen LogP) is 6.62. The van der Waals surface area contributed by atoms with E-state index in [2.05, 4.69) is 32.8 Å². The zero-order valence-corrected chi connectivity index (χ0v) is 17.3. The second kappa shape index (κ2) is 25.2. The number of rotatable bonds is 17. The number of unbranched alkanes of at least 4 members (excludes halogenated alkanes) is 15. The summed E-state index contributed by atoms with van der Waals surface area (Å²) in [5, 5.41) is 7.46. The molecule has 0 fully saturated rings. The molecule has 0 atom stereocenters. The molecule has 0 heterocycles. The zero-order chi connectivity index (χ0) is 18.3. The number of hydrogen-bond acceptors (Lipinski definition) is 2. The van der Waals surface area contributed by atoms with Crippen molar-refractivity contribution >= 4 is 0 Å². The largest absolute Gasteiger partial charge is 0.396 e. The maximum atomic E-state index is 7.46. The van der Waals surface area contributed by atoms with Gasteiger partial charge in [0.1, 0.15) is 0 Å². The van der Waals surface area contributed by atoms with Gasteiger partial charge in [-0.1, -0.05) is 103 Å². The molecule has 0 aliphatic carbocycles. The third-order valence-corrected chi connectivity index (χ3v) is 4.46. The second-order valence-corrected chi connectivity index (χ2v) is 7.33. The summed E-state index contributed by atoms with van der Waals surface area (Å²) in [7, 11) is 4.34. The molecule has 0 spiro atoms. The lowest BCUT2D eigenvalue weighted by molar-refractivity contribution is 0.341. The Morgan fingerprint density at radius 2 is 0.833 bits per heavy atom. The fraction of sp³-hybridized carbons (Fsp3) is 0.955. The Morgan fingerprint density at radius 3 is 1.08 bits per heavy atom. The van der Waals surface area contributed by atoms with E-state index < -0.39 is 0 Å². The van der Waals surface area contributed by atoms with Crippen LogP contribution in [0.5, 0.6) is 0 Å². The van der Waals surface area contributed by atoms with E-state index in [1.54, 1.807) is 0 Å². The first-order chi connectivity index (χ1) is 11.7. The monoisotopic (exact) mass is 342 g/mol. The molecule has 0 amide bonds. The first-order valence-electron chi connectivity index (χ1n) is 10.7. The van der Waals surface area contributed by atoms with Crippen molar-refractivity contribution in [2.75, 3.05) is 27.2 Å². The molecule has 1 radical (unpaired) electrons. The van der Waals surface area contributed by atoms with Crippen LogP contribution in [0.4, 0.5) is 0 Å². The van der Waals surface area contributed by atoms with Gasteiger partial charge in [0, 0.05) is 6.61 Å². The molecule has 0 aliphatic rings. The van der Waals surface area contributed by atoms with Gasteiger partial charge in [-0.05, 0) is 34.0 Å². The van der Waals surface area contributed by atoms with Gasteiger partial charge in [-0.3, -0.25) is 0 Å². The normalized spacial score (nSPS) is 10.8. The predicted molar refractivity (Wildman–Crippen MR) is 111 cm³/mol. The Morgan fingerprint density at radius 1 is 0.583 bits per heavy atom. The van der Waals surface area contributed by atoms with Crippen LogP contribution in [0.3, 0.4) is 0 Å². The van der Waals surface area contributed by atoms with Gasteiger partial charge in [-0.25, -0.2) is 0 Å². The Kier molecular flexibility index (Phi) is 27.4. The topological polar surface area (TPSA) is 23.5 Å². The highest BCUT2D eigenvalue weighted by molar-refractivity contribution is 4.50. The van der Waals surface area contributed by atoms with Crippen molar-refractivity contribution in [2.24, 2.45) is 0 Å². The summed E-state index contributed by atoms with van der Waals surface area (Å²) in [4.78, 5) is 2.30. The summed E-state index contributed by atoms with van der Waals surface area (Å²) in [6.07, 6.45) is 23.3. The highest BCUT2D eigenvalue weighted by Crippen LogP contribution is 2.13.